The maximum absolute atomic E-state index is 12.0. The first kappa shape index (κ1) is 12.6. The molecule has 0 aliphatic heterocycles. The number of nitrogens with one attached hydrogen (secondary N) is 2. The zero-order valence-corrected chi connectivity index (χ0v) is 10.9. The highest BCUT2D eigenvalue weighted by molar-refractivity contribution is 5.90. The third kappa shape index (κ3) is 2.22. The van der Waals surface area contributed by atoms with E-state index in [0.29, 0.717) is 0 Å². The SMILES string of the molecule is CNNC(=O)C(C)(C)c1ccc2ccccc2c1. The van der Waals surface area contributed by atoms with E-state index < -0.39 is 5.41 Å². The van der Waals surface area contributed by atoms with Crippen LogP contribution < -0.4 is 10.9 Å². The van der Waals surface area contributed by atoms with Crippen LogP contribution in [0.25, 0.3) is 10.8 Å². The molecule has 3 nitrogen and oxygen atoms in total. The maximum atomic E-state index is 12.0. The summed E-state index contributed by atoms with van der Waals surface area (Å²) in [6.45, 7) is 3.84. The van der Waals surface area contributed by atoms with Gasteiger partial charge in [0, 0.05) is 7.05 Å². The summed E-state index contributed by atoms with van der Waals surface area (Å²) in [5.74, 6) is -0.0414. The second-order valence-electron chi connectivity index (χ2n) is 4.89. The molecule has 2 rings (SSSR count). The van der Waals surface area contributed by atoms with Gasteiger partial charge in [-0.2, -0.15) is 0 Å². The smallest absolute Gasteiger partial charge is 0.244 e. The van der Waals surface area contributed by atoms with E-state index >= 15 is 0 Å². The van der Waals surface area contributed by atoms with Gasteiger partial charge < -0.3 is 0 Å². The predicted octanol–water partition coefficient (Wildman–Crippen LogP) is 2.37. The molecule has 0 fully saturated rings. The highest BCUT2D eigenvalue weighted by Crippen LogP contribution is 2.26. The molecule has 0 heterocycles. The van der Waals surface area contributed by atoms with Crippen molar-refractivity contribution in [2.24, 2.45) is 0 Å². The number of carbonyl (C=O) groups excluding carboxylic acids is 1. The molecule has 2 N–H and O–H groups in total. The summed E-state index contributed by atoms with van der Waals surface area (Å²) in [4.78, 5) is 12.0. The van der Waals surface area contributed by atoms with E-state index in [2.05, 4.69) is 35.1 Å². The van der Waals surface area contributed by atoms with Crippen molar-refractivity contribution >= 4 is 16.7 Å². The zero-order valence-electron chi connectivity index (χ0n) is 10.9. The third-order valence-corrected chi connectivity index (χ3v) is 3.28. The van der Waals surface area contributed by atoms with Crippen LogP contribution >= 0.6 is 0 Å². The van der Waals surface area contributed by atoms with Crippen LogP contribution in [-0.4, -0.2) is 13.0 Å². The Bertz CT molecular complexity index is 575. The minimum absolute atomic E-state index is 0.0414. The highest BCUT2D eigenvalue weighted by Gasteiger charge is 2.29. The number of carbonyl (C=O) groups is 1. The van der Waals surface area contributed by atoms with Crippen LogP contribution in [0.5, 0.6) is 0 Å². The Morgan fingerprint density at radius 1 is 1.06 bits per heavy atom. The minimum Gasteiger partial charge on any atom is -0.291 e. The van der Waals surface area contributed by atoms with Crippen LogP contribution in [0.2, 0.25) is 0 Å². The molecule has 3 heteroatoms. The van der Waals surface area contributed by atoms with Gasteiger partial charge in [-0.3, -0.25) is 10.2 Å². The lowest BCUT2D eigenvalue weighted by molar-refractivity contribution is -0.126. The average molecular weight is 242 g/mol. The lowest BCUT2D eigenvalue weighted by Crippen LogP contribution is -2.45. The maximum Gasteiger partial charge on any atom is 0.244 e. The fraction of sp³-hybridized carbons (Fsp3) is 0.267. The van der Waals surface area contributed by atoms with Gasteiger partial charge in [-0.25, -0.2) is 5.43 Å². The van der Waals surface area contributed by atoms with Gasteiger partial charge in [0.1, 0.15) is 0 Å². The van der Waals surface area contributed by atoms with Gasteiger partial charge in [-0.05, 0) is 30.2 Å². The first-order valence-corrected chi connectivity index (χ1v) is 6.02. The van der Waals surface area contributed by atoms with Crippen LogP contribution in [0.15, 0.2) is 42.5 Å². The second kappa shape index (κ2) is 4.78. The monoisotopic (exact) mass is 242 g/mol. The van der Waals surface area contributed by atoms with Crippen LogP contribution in [0, 0.1) is 0 Å². The Morgan fingerprint density at radius 3 is 2.39 bits per heavy atom. The molecule has 18 heavy (non-hydrogen) atoms. The van der Waals surface area contributed by atoms with Gasteiger partial charge in [-0.1, -0.05) is 42.5 Å². The van der Waals surface area contributed by atoms with Gasteiger partial charge in [-0.15, -0.1) is 0 Å². The lowest BCUT2D eigenvalue weighted by Gasteiger charge is -2.24. The summed E-state index contributed by atoms with van der Waals surface area (Å²) >= 11 is 0. The summed E-state index contributed by atoms with van der Waals surface area (Å²) < 4.78 is 0. The molecule has 0 saturated heterocycles. The molecular weight excluding hydrogens is 224 g/mol. The molecule has 0 spiro atoms. The molecule has 0 aliphatic carbocycles. The normalized spacial score (nSPS) is 11.5. The molecule has 94 valence electrons. The van der Waals surface area contributed by atoms with E-state index in [1.54, 1.807) is 7.05 Å². The van der Waals surface area contributed by atoms with Gasteiger partial charge in [0.25, 0.3) is 0 Å². The van der Waals surface area contributed by atoms with Crippen LogP contribution in [0.1, 0.15) is 19.4 Å². The van der Waals surface area contributed by atoms with Crippen molar-refractivity contribution in [2.45, 2.75) is 19.3 Å². The average Bonchev–Trinajstić information content (AvgIpc) is 2.38. The molecule has 0 aromatic heterocycles. The highest BCUT2D eigenvalue weighted by atomic mass is 16.2. The van der Waals surface area contributed by atoms with Crippen LogP contribution in [0.3, 0.4) is 0 Å². The fourth-order valence-electron chi connectivity index (χ4n) is 1.98. The lowest BCUT2D eigenvalue weighted by atomic mass is 9.83. The number of benzene rings is 2. The molecule has 0 unspecified atom stereocenters. The molecule has 0 saturated carbocycles. The summed E-state index contributed by atoms with van der Waals surface area (Å²) in [6.07, 6.45) is 0. The van der Waals surface area contributed by atoms with Gasteiger partial charge >= 0.3 is 0 Å². The Hall–Kier alpha value is -1.87. The van der Waals surface area contributed by atoms with Crippen LogP contribution in [-0.2, 0) is 10.2 Å². The van der Waals surface area contributed by atoms with Crippen molar-refractivity contribution in [3.63, 3.8) is 0 Å². The third-order valence-electron chi connectivity index (χ3n) is 3.28. The van der Waals surface area contributed by atoms with E-state index in [0.717, 1.165) is 10.9 Å². The standard InChI is InChI=1S/C15H18N2O/c1-15(2,14(18)17-16-3)13-9-8-11-6-4-5-7-12(11)10-13/h4-10,16H,1-3H3,(H,17,18). The van der Waals surface area contributed by atoms with Crippen molar-refractivity contribution in [1.82, 2.24) is 10.9 Å². The molecule has 0 aliphatic rings. The van der Waals surface area contributed by atoms with Crippen molar-refractivity contribution in [1.29, 1.82) is 0 Å². The fourth-order valence-corrected chi connectivity index (χ4v) is 1.98. The van der Waals surface area contributed by atoms with E-state index in [4.69, 9.17) is 0 Å². The van der Waals surface area contributed by atoms with E-state index in [9.17, 15) is 4.79 Å². The number of hydrogen-bond acceptors (Lipinski definition) is 2. The first-order valence-electron chi connectivity index (χ1n) is 6.02. The predicted molar refractivity (Wildman–Crippen MR) is 74.2 cm³/mol. The molecule has 0 bridgehead atoms. The second-order valence-corrected chi connectivity index (χ2v) is 4.89. The Morgan fingerprint density at radius 2 is 1.72 bits per heavy atom. The summed E-state index contributed by atoms with van der Waals surface area (Å²) in [7, 11) is 1.69. The largest absolute Gasteiger partial charge is 0.291 e. The van der Waals surface area contributed by atoms with Crippen molar-refractivity contribution < 1.29 is 4.79 Å². The number of amides is 1. The molecule has 2 aromatic carbocycles. The Balaban J connectivity index is 2.44. The number of fused-ring (bicyclic) bond motifs is 1. The molecule has 1 amide bonds. The summed E-state index contributed by atoms with van der Waals surface area (Å²) in [6, 6.07) is 14.3. The van der Waals surface area contributed by atoms with Gasteiger partial charge in [0.05, 0.1) is 5.41 Å². The van der Waals surface area contributed by atoms with Crippen molar-refractivity contribution in [3.8, 4) is 0 Å². The Labute approximate surface area is 107 Å². The van der Waals surface area contributed by atoms with Gasteiger partial charge in [0.2, 0.25) is 5.91 Å². The number of hydrogen-bond donors (Lipinski definition) is 2. The summed E-state index contributed by atoms with van der Waals surface area (Å²) in [5, 5.41) is 2.34. The van der Waals surface area contributed by atoms with Gasteiger partial charge in [0.15, 0.2) is 0 Å². The first-order chi connectivity index (χ1) is 8.55. The minimum atomic E-state index is -0.562. The molecule has 0 atom stereocenters. The Kier molecular flexibility index (Phi) is 3.34. The zero-order chi connectivity index (χ0) is 13.2. The van der Waals surface area contributed by atoms with Crippen LogP contribution in [0.4, 0.5) is 0 Å². The van der Waals surface area contributed by atoms with E-state index in [1.165, 1.54) is 5.39 Å². The number of rotatable bonds is 3. The van der Waals surface area contributed by atoms with Crippen molar-refractivity contribution in [3.05, 3.63) is 48.0 Å². The molecule has 2 aromatic rings. The van der Waals surface area contributed by atoms with E-state index in [-0.39, 0.29) is 5.91 Å². The van der Waals surface area contributed by atoms with E-state index in [1.807, 2.05) is 32.0 Å². The van der Waals surface area contributed by atoms with Crippen molar-refractivity contribution in [2.75, 3.05) is 7.05 Å². The quantitative estimate of drug-likeness (QED) is 0.811. The molecular formula is C15H18N2O. The summed E-state index contributed by atoms with van der Waals surface area (Å²) in [5.41, 5.74) is 5.77. The number of hydrazine groups is 1. The molecule has 0 radical (unpaired) electrons. The topological polar surface area (TPSA) is 41.1 Å².